The molecule has 0 spiro atoms. The van der Waals surface area contributed by atoms with Crippen molar-refractivity contribution in [1.29, 1.82) is 5.26 Å². The number of hydrogen-bond acceptors (Lipinski definition) is 8. The highest BCUT2D eigenvalue weighted by molar-refractivity contribution is 5.94. The SMILES string of the molecule is C=Cc1cccc(C(C(=O)NCCC(=O)OCC)N(CC#N)C(=O)C(CC(N)=O)NC(=O)OC(C)(C)C)c1. The van der Waals surface area contributed by atoms with Gasteiger partial charge in [0.15, 0.2) is 0 Å². The first-order valence-electron chi connectivity index (χ1n) is 11.9. The summed E-state index contributed by atoms with van der Waals surface area (Å²) in [6.07, 6.45) is -0.173. The highest BCUT2D eigenvalue weighted by atomic mass is 16.6. The van der Waals surface area contributed by atoms with E-state index in [0.717, 1.165) is 4.90 Å². The van der Waals surface area contributed by atoms with Crippen LogP contribution >= 0.6 is 0 Å². The number of amides is 4. The van der Waals surface area contributed by atoms with Crippen molar-refractivity contribution in [2.24, 2.45) is 5.73 Å². The normalized spacial score (nSPS) is 12.2. The predicted octanol–water partition coefficient (Wildman–Crippen LogP) is 1.56. The van der Waals surface area contributed by atoms with Gasteiger partial charge in [-0.15, -0.1) is 0 Å². The Morgan fingerprint density at radius 2 is 1.92 bits per heavy atom. The van der Waals surface area contributed by atoms with E-state index in [2.05, 4.69) is 17.2 Å². The van der Waals surface area contributed by atoms with E-state index < -0.39 is 60.4 Å². The van der Waals surface area contributed by atoms with Crippen LogP contribution < -0.4 is 16.4 Å². The smallest absolute Gasteiger partial charge is 0.408 e. The van der Waals surface area contributed by atoms with E-state index >= 15 is 0 Å². The van der Waals surface area contributed by atoms with Gasteiger partial charge in [-0.05, 0) is 44.9 Å². The number of carbonyl (C=O) groups excluding carboxylic acids is 5. The third kappa shape index (κ3) is 10.7. The van der Waals surface area contributed by atoms with Gasteiger partial charge in [0.05, 0.1) is 25.5 Å². The van der Waals surface area contributed by atoms with Crippen molar-refractivity contribution in [2.75, 3.05) is 19.7 Å². The third-order valence-corrected chi connectivity index (χ3v) is 4.87. The van der Waals surface area contributed by atoms with Crippen molar-refractivity contribution in [3.63, 3.8) is 0 Å². The maximum Gasteiger partial charge on any atom is 0.408 e. The summed E-state index contributed by atoms with van der Waals surface area (Å²) >= 11 is 0. The highest BCUT2D eigenvalue weighted by Gasteiger charge is 2.37. The molecule has 0 aliphatic carbocycles. The molecule has 2 unspecified atom stereocenters. The molecule has 0 saturated carbocycles. The number of primary amides is 1. The molecule has 0 radical (unpaired) electrons. The number of rotatable bonds is 13. The standard InChI is InChI=1S/C26H35N5O7/c1-6-17-9-8-10-18(15-17)22(23(34)29-13-11-21(33)37-7-2)31(14-12-27)24(35)19(16-20(28)32)30-25(36)38-26(3,4)5/h6,8-10,15,19,22H,1,7,11,13-14,16H2,2-5H3,(H2,28,32)(H,29,34)(H,30,36). The van der Waals surface area contributed by atoms with Crippen LogP contribution in [0.5, 0.6) is 0 Å². The quantitative estimate of drug-likeness (QED) is 0.254. The molecular formula is C26H35N5O7. The summed E-state index contributed by atoms with van der Waals surface area (Å²) in [7, 11) is 0. The number of esters is 1. The second kappa shape index (κ2) is 15.0. The summed E-state index contributed by atoms with van der Waals surface area (Å²) in [6.45, 7) is 9.71. The lowest BCUT2D eigenvalue weighted by molar-refractivity contribution is -0.144. The maximum absolute atomic E-state index is 13.6. The zero-order chi connectivity index (χ0) is 28.9. The van der Waals surface area contributed by atoms with Gasteiger partial charge in [0, 0.05) is 6.54 Å². The Morgan fingerprint density at radius 3 is 2.47 bits per heavy atom. The Labute approximate surface area is 222 Å². The lowest BCUT2D eigenvalue weighted by atomic mass is 10.00. The van der Waals surface area contributed by atoms with Crippen molar-refractivity contribution >= 4 is 35.9 Å². The molecule has 4 N–H and O–H groups in total. The van der Waals surface area contributed by atoms with Gasteiger partial charge in [-0.1, -0.05) is 30.9 Å². The van der Waals surface area contributed by atoms with E-state index in [1.807, 2.05) is 6.07 Å². The zero-order valence-electron chi connectivity index (χ0n) is 22.1. The van der Waals surface area contributed by atoms with E-state index in [4.69, 9.17) is 15.2 Å². The van der Waals surface area contributed by atoms with Crippen LogP contribution in [0.15, 0.2) is 30.8 Å². The first-order valence-corrected chi connectivity index (χ1v) is 11.9. The molecule has 1 rings (SSSR count). The number of ether oxygens (including phenoxy) is 2. The van der Waals surface area contributed by atoms with Crippen molar-refractivity contribution in [3.05, 3.63) is 42.0 Å². The Bertz CT molecular complexity index is 1070. The fraction of sp³-hybridized carbons (Fsp3) is 0.462. The predicted molar refractivity (Wildman–Crippen MR) is 138 cm³/mol. The molecule has 0 saturated heterocycles. The first kappa shape index (κ1) is 31.6. The van der Waals surface area contributed by atoms with Gasteiger partial charge in [-0.3, -0.25) is 19.2 Å². The highest BCUT2D eigenvalue weighted by Crippen LogP contribution is 2.24. The van der Waals surface area contributed by atoms with Gasteiger partial charge in [-0.2, -0.15) is 5.26 Å². The number of nitrogens with two attached hydrogens (primary N) is 1. The molecule has 0 aliphatic rings. The minimum atomic E-state index is -1.52. The number of hydrogen-bond donors (Lipinski definition) is 3. The number of carbonyl (C=O) groups is 5. The summed E-state index contributed by atoms with van der Waals surface area (Å²) in [6, 6.07) is 5.50. The summed E-state index contributed by atoms with van der Waals surface area (Å²) in [5.74, 6) is -3.04. The molecule has 38 heavy (non-hydrogen) atoms. The molecule has 0 heterocycles. The minimum absolute atomic E-state index is 0.0925. The van der Waals surface area contributed by atoms with Gasteiger partial charge < -0.3 is 30.7 Å². The maximum atomic E-state index is 13.6. The molecule has 12 heteroatoms. The molecule has 4 amide bonds. The Hall–Kier alpha value is -4.40. The Morgan fingerprint density at radius 1 is 1.24 bits per heavy atom. The second-order valence-electron chi connectivity index (χ2n) is 9.12. The van der Waals surface area contributed by atoms with Crippen LogP contribution in [0.2, 0.25) is 0 Å². The molecule has 1 aromatic carbocycles. The van der Waals surface area contributed by atoms with E-state index in [1.165, 1.54) is 6.08 Å². The monoisotopic (exact) mass is 529 g/mol. The summed E-state index contributed by atoms with van der Waals surface area (Å²) in [5.41, 5.74) is 5.38. The summed E-state index contributed by atoms with van der Waals surface area (Å²) < 4.78 is 10.0. The molecule has 0 aliphatic heterocycles. The molecule has 1 aromatic rings. The van der Waals surface area contributed by atoms with Gasteiger partial charge in [0.25, 0.3) is 0 Å². The van der Waals surface area contributed by atoms with Crippen molar-refractivity contribution in [3.8, 4) is 6.07 Å². The third-order valence-electron chi connectivity index (χ3n) is 4.87. The van der Waals surface area contributed by atoms with E-state index in [0.29, 0.717) is 11.1 Å². The fourth-order valence-corrected chi connectivity index (χ4v) is 3.37. The van der Waals surface area contributed by atoms with Crippen LogP contribution in [-0.4, -0.2) is 66.0 Å². The molecule has 206 valence electrons. The zero-order valence-corrected chi connectivity index (χ0v) is 22.1. The fourth-order valence-electron chi connectivity index (χ4n) is 3.37. The molecule has 0 fully saturated rings. The van der Waals surface area contributed by atoms with Crippen LogP contribution in [0.1, 0.15) is 57.7 Å². The summed E-state index contributed by atoms with van der Waals surface area (Å²) in [4.78, 5) is 63.8. The lowest BCUT2D eigenvalue weighted by Gasteiger charge is -2.32. The molecule has 12 nitrogen and oxygen atoms in total. The Kier molecular flexibility index (Phi) is 12.5. The van der Waals surface area contributed by atoms with Gasteiger partial charge in [-0.25, -0.2) is 4.79 Å². The Balaban J connectivity index is 3.42. The van der Waals surface area contributed by atoms with Gasteiger partial charge in [0.1, 0.15) is 24.2 Å². The minimum Gasteiger partial charge on any atom is -0.466 e. The number of nitrogens with zero attached hydrogens (tertiary/aromatic N) is 2. The number of nitrogens with one attached hydrogen (secondary N) is 2. The lowest BCUT2D eigenvalue weighted by Crippen LogP contribution is -2.54. The second-order valence-corrected chi connectivity index (χ2v) is 9.12. The molecule has 0 bridgehead atoms. The summed E-state index contributed by atoms with van der Waals surface area (Å²) in [5, 5.41) is 14.4. The largest absolute Gasteiger partial charge is 0.466 e. The number of nitriles is 1. The number of benzene rings is 1. The molecule has 0 aromatic heterocycles. The van der Waals surface area contributed by atoms with Crippen molar-refractivity contribution in [2.45, 2.75) is 58.2 Å². The van der Waals surface area contributed by atoms with E-state index in [-0.39, 0.29) is 19.6 Å². The number of alkyl carbamates (subject to hydrolysis) is 1. The van der Waals surface area contributed by atoms with Crippen LogP contribution in [0.3, 0.4) is 0 Å². The van der Waals surface area contributed by atoms with Crippen molar-refractivity contribution < 1.29 is 33.4 Å². The van der Waals surface area contributed by atoms with Crippen LogP contribution in [-0.2, 0) is 28.7 Å². The van der Waals surface area contributed by atoms with Crippen molar-refractivity contribution in [1.82, 2.24) is 15.5 Å². The van der Waals surface area contributed by atoms with E-state index in [1.54, 1.807) is 52.0 Å². The van der Waals surface area contributed by atoms with Crippen LogP contribution in [0.4, 0.5) is 4.79 Å². The van der Waals surface area contributed by atoms with Gasteiger partial charge >= 0.3 is 12.1 Å². The molecule has 2 atom stereocenters. The molecular weight excluding hydrogens is 494 g/mol. The average Bonchev–Trinajstić information content (AvgIpc) is 2.81. The van der Waals surface area contributed by atoms with Crippen LogP contribution in [0, 0.1) is 11.3 Å². The average molecular weight is 530 g/mol. The van der Waals surface area contributed by atoms with E-state index in [9.17, 15) is 29.2 Å². The first-order chi connectivity index (χ1) is 17.8. The van der Waals surface area contributed by atoms with Crippen LogP contribution in [0.25, 0.3) is 6.08 Å². The topological polar surface area (TPSA) is 181 Å². The van der Waals surface area contributed by atoms with Gasteiger partial charge in [0.2, 0.25) is 17.7 Å².